The van der Waals surface area contributed by atoms with E-state index in [1.54, 1.807) is 37.4 Å². The predicted molar refractivity (Wildman–Crippen MR) is 99.2 cm³/mol. The zero-order valence-electron chi connectivity index (χ0n) is 15.7. The van der Waals surface area contributed by atoms with Gasteiger partial charge in [0.1, 0.15) is 35.8 Å². The van der Waals surface area contributed by atoms with Crippen molar-refractivity contribution in [1.29, 1.82) is 5.26 Å². The van der Waals surface area contributed by atoms with E-state index in [1.165, 1.54) is 6.20 Å². The second kappa shape index (κ2) is 11.4. The number of ether oxygens (including phenoxy) is 2. The number of carboxylic acids is 1. The molecule has 0 aliphatic carbocycles. The molecule has 8 heteroatoms. The topological polar surface area (TPSA) is 121 Å². The SMILES string of the molecule is COc1ccc(OCCN/C=C(/C#N)C(=O)NC(CC(C)C)C(=O)O)cc1. The fourth-order valence-electron chi connectivity index (χ4n) is 2.15. The standard InChI is InChI=1S/C19H25N3O5/c1-13(2)10-17(19(24)25)22-18(23)14(11-20)12-21-8-9-27-16-6-4-15(26-3)5-7-16/h4-7,12-13,17,21H,8-10H2,1-3H3,(H,22,23)(H,24,25)/b14-12-. The van der Waals surface area contributed by atoms with E-state index in [0.717, 1.165) is 5.75 Å². The third-order valence-corrected chi connectivity index (χ3v) is 3.50. The van der Waals surface area contributed by atoms with Crippen LogP contribution in [0.15, 0.2) is 36.0 Å². The van der Waals surface area contributed by atoms with E-state index in [1.807, 2.05) is 13.8 Å². The van der Waals surface area contributed by atoms with Gasteiger partial charge in [-0.15, -0.1) is 0 Å². The molecule has 0 radical (unpaired) electrons. The third kappa shape index (κ3) is 8.14. The molecule has 0 bridgehead atoms. The number of aliphatic carboxylic acids is 1. The van der Waals surface area contributed by atoms with Gasteiger partial charge in [0, 0.05) is 12.7 Å². The molecule has 0 spiro atoms. The summed E-state index contributed by atoms with van der Waals surface area (Å²) in [6.45, 7) is 4.38. The average Bonchev–Trinajstić information content (AvgIpc) is 2.64. The lowest BCUT2D eigenvalue weighted by Crippen LogP contribution is -2.42. The molecule has 1 aromatic carbocycles. The van der Waals surface area contributed by atoms with Crippen molar-refractivity contribution in [2.45, 2.75) is 26.3 Å². The normalized spacial score (nSPS) is 12.0. The van der Waals surface area contributed by atoms with Gasteiger partial charge in [-0.05, 0) is 36.6 Å². The maximum absolute atomic E-state index is 12.1. The highest BCUT2D eigenvalue weighted by atomic mass is 16.5. The van der Waals surface area contributed by atoms with Crippen molar-refractivity contribution in [2.24, 2.45) is 5.92 Å². The second-order valence-electron chi connectivity index (χ2n) is 6.14. The van der Waals surface area contributed by atoms with Gasteiger partial charge >= 0.3 is 5.97 Å². The van der Waals surface area contributed by atoms with Gasteiger partial charge in [0.05, 0.1) is 7.11 Å². The molecule has 1 unspecified atom stereocenters. The van der Waals surface area contributed by atoms with E-state index in [-0.39, 0.29) is 17.9 Å². The van der Waals surface area contributed by atoms with E-state index in [0.29, 0.717) is 18.9 Å². The van der Waals surface area contributed by atoms with Crippen molar-refractivity contribution in [3.05, 3.63) is 36.0 Å². The smallest absolute Gasteiger partial charge is 0.326 e. The van der Waals surface area contributed by atoms with Crippen molar-refractivity contribution in [1.82, 2.24) is 10.6 Å². The van der Waals surface area contributed by atoms with Crippen LogP contribution < -0.4 is 20.1 Å². The lowest BCUT2D eigenvalue weighted by molar-refractivity contribution is -0.141. The lowest BCUT2D eigenvalue weighted by atomic mass is 10.0. The zero-order valence-corrected chi connectivity index (χ0v) is 15.7. The maximum Gasteiger partial charge on any atom is 0.326 e. The highest BCUT2D eigenvalue weighted by Gasteiger charge is 2.22. The first-order chi connectivity index (χ1) is 12.9. The van der Waals surface area contributed by atoms with Crippen LogP contribution in [0.2, 0.25) is 0 Å². The molecular weight excluding hydrogens is 350 g/mol. The van der Waals surface area contributed by atoms with Crippen LogP contribution in [-0.4, -0.2) is 43.3 Å². The van der Waals surface area contributed by atoms with Crippen LogP contribution in [0.25, 0.3) is 0 Å². The molecular formula is C19H25N3O5. The number of nitrogens with one attached hydrogen (secondary N) is 2. The van der Waals surface area contributed by atoms with Crippen LogP contribution in [0.1, 0.15) is 20.3 Å². The zero-order chi connectivity index (χ0) is 20.2. The van der Waals surface area contributed by atoms with E-state index in [4.69, 9.17) is 19.8 Å². The first-order valence-corrected chi connectivity index (χ1v) is 8.51. The summed E-state index contributed by atoms with van der Waals surface area (Å²) in [5.41, 5.74) is -0.200. The monoisotopic (exact) mass is 375 g/mol. The molecule has 146 valence electrons. The van der Waals surface area contributed by atoms with Crippen LogP contribution in [-0.2, 0) is 9.59 Å². The van der Waals surface area contributed by atoms with Crippen LogP contribution in [0, 0.1) is 17.2 Å². The van der Waals surface area contributed by atoms with Crippen molar-refractivity contribution in [3.63, 3.8) is 0 Å². The number of nitriles is 1. The Morgan fingerprint density at radius 1 is 1.26 bits per heavy atom. The Labute approximate surface area is 158 Å². The van der Waals surface area contributed by atoms with E-state index >= 15 is 0 Å². The molecule has 1 rings (SSSR count). The minimum atomic E-state index is -1.13. The van der Waals surface area contributed by atoms with E-state index in [2.05, 4.69) is 10.6 Å². The number of nitrogens with zero attached hydrogens (tertiary/aromatic N) is 1. The Balaban J connectivity index is 2.47. The highest BCUT2D eigenvalue weighted by Crippen LogP contribution is 2.16. The Kier molecular flexibility index (Phi) is 9.23. The number of carbonyl (C=O) groups excluding carboxylic acids is 1. The summed E-state index contributed by atoms with van der Waals surface area (Å²) >= 11 is 0. The molecule has 27 heavy (non-hydrogen) atoms. The van der Waals surface area contributed by atoms with Crippen LogP contribution in [0.3, 0.4) is 0 Å². The van der Waals surface area contributed by atoms with Gasteiger partial charge in [0.2, 0.25) is 0 Å². The number of hydrogen-bond donors (Lipinski definition) is 3. The molecule has 0 aliphatic heterocycles. The number of carbonyl (C=O) groups is 2. The van der Waals surface area contributed by atoms with Gasteiger partial charge in [0.25, 0.3) is 5.91 Å². The van der Waals surface area contributed by atoms with Crippen LogP contribution in [0.5, 0.6) is 11.5 Å². The van der Waals surface area contributed by atoms with Gasteiger partial charge in [-0.1, -0.05) is 13.8 Å². The number of amides is 1. The summed E-state index contributed by atoms with van der Waals surface area (Å²) < 4.78 is 10.6. The molecule has 0 aromatic heterocycles. The Morgan fingerprint density at radius 3 is 2.41 bits per heavy atom. The molecule has 8 nitrogen and oxygen atoms in total. The fraction of sp³-hybridized carbons (Fsp3) is 0.421. The summed E-state index contributed by atoms with van der Waals surface area (Å²) in [6, 6.07) is 7.81. The average molecular weight is 375 g/mol. The van der Waals surface area contributed by atoms with Gasteiger partial charge < -0.3 is 25.2 Å². The minimum Gasteiger partial charge on any atom is -0.497 e. The molecule has 3 N–H and O–H groups in total. The van der Waals surface area contributed by atoms with Crippen molar-refractivity contribution in [3.8, 4) is 17.6 Å². The van der Waals surface area contributed by atoms with E-state index < -0.39 is 17.9 Å². The summed E-state index contributed by atoms with van der Waals surface area (Å²) in [5, 5.41) is 23.4. The fourth-order valence-corrected chi connectivity index (χ4v) is 2.15. The summed E-state index contributed by atoms with van der Waals surface area (Å²) in [6.07, 6.45) is 1.53. The molecule has 0 fully saturated rings. The second-order valence-corrected chi connectivity index (χ2v) is 6.14. The first kappa shape index (κ1) is 21.8. The third-order valence-electron chi connectivity index (χ3n) is 3.50. The van der Waals surface area contributed by atoms with Crippen molar-refractivity contribution >= 4 is 11.9 Å². The molecule has 0 heterocycles. The Hall–Kier alpha value is -3.21. The molecule has 0 saturated heterocycles. The first-order valence-electron chi connectivity index (χ1n) is 8.51. The number of hydrogen-bond acceptors (Lipinski definition) is 6. The summed E-state index contributed by atoms with van der Waals surface area (Å²) in [7, 11) is 1.58. The molecule has 0 aliphatic rings. The molecule has 0 saturated carbocycles. The molecule has 1 amide bonds. The molecule has 1 atom stereocenters. The minimum absolute atomic E-state index is 0.0918. The summed E-state index contributed by atoms with van der Waals surface area (Å²) in [5.74, 6) is -0.374. The number of carboxylic acid groups (broad SMARTS) is 1. The van der Waals surface area contributed by atoms with E-state index in [9.17, 15) is 9.59 Å². The van der Waals surface area contributed by atoms with Crippen molar-refractivity contribution < 1.29 is 24.2 Å². The Morgan fingerprint density at radius 2 is 1.89 bits per heavy atom. The lowest BCUT2D eigenvalue weighted by Gasteiger charge is -2.16. The Bertz CT molecular complexity index is 692. The quantitative estimate of drug-likeness (QED) is 0.306. The van der Waals surface area contributed by atoms with Gasteiger partial charge in [-0.25, -0.2) is 4.79 Å². The van der Waals surface area contributed by atoms with Crippen molar-refractivity contribution in [2.75, 3.05) is 20.3 Å². The van der Waals surface area contributed by atoms with Gasteiger partial charge in [0.15, 0.2) is 0 Å². The molecule has 1 aromatic rings. The van der Waals surface area contributed by atoms with Gasteiger partial charge in [-0.3, -0.25) is 4.79 Å². The number of benzene rings is 1. The predicted octanol–water partition coefficient (Wildman–Crippen LogP) is 1.69. The van der Waals surface area contributed by atoms with Gasteiger partial charge in [-0.2, -0.15) is 5.26 Å². The van der Waals surface area contributed by atoms with Crippen LogP contribution in [0.4, 0.5) is 0 Å². The number of methoxy groups -OCH3 is 1. The maximum atomic E-state index is 12.1. The largest absolute Gasteiger partial charge is 0.497 e. The van der Waals surface area contributed by atoms with Crippen LogP contribution >= 0.6 is 0 Å². The number of rotatable bonds is 11. The summed E-state index contributed by atoms with van der Waals surface area (Å²) in [4.78, 5) is 23.3. The highest BCUT2D eigenvalue weighted by molar-refractivity contribution is 5.99.